The summed E-state index contributed by atoms with van der Waals surface area (Å²) >= 11 is 0. The monoisotopic (exact) mass is 511 g/mol. The number of fused-ring (bicyclic) bond motifs is 2. The smallest absolute Gasteiger partial charge is 0.379 e. The highest BCUT2D eigenvalue weighted by atomic mass is 19.4. The summed E-state index contributed by atoms with van der Waals surface area (Å²) in [7, 11) is 1.71. The van der Waals surface area contributed by atoms with E-state index in [1.807, 2.05) is 9.80 Å². The molecular weight excluding hydrogens is 475 g/mol. The van der Waals surface area contributed by atoms with Crippen molar-refractivity contribution in [3.05, 3.63) is 17.8 Å². The molecule has 1 aromatic rings. The number of amides is 1. The number of halogens is 3. The number of nitrogens with one attached hydrogen (secondary N) is 1. The van der Waals surface area contributed by atoms with Gasteiger partial charge in [-0.1, -0.05) is 13.8 Å². The van der Waals surface area contributed by atoms with E-state index >= 15 is 0 Å². The third-order valence-corrected chi connectivity index (χ3v) is 8.90. The maximum atomic E-state index is 14.0. The molecule has 3 saturated heterocycles. The molecule has 0 spiro atoms. The largest absolute Gasteiger partial charge is 0.418 e. The average molecular weight is 512 g/mol. The van der Waals surface area contributed by atoms with Gasteiger partial charge in [0.05, 0.1) is 42.0 Å². The van der Waals surface area contributed by atoms with Crippen molar-refractivity contribution < 1.29 is 27.4 Å². The number of ether oxygens (including phenoxy) is 2. The second-order valence-corrected chi connectivity index (χ2v) is 11.1. The Kier molecular flexibility index (Phi) is 6.93. The Balaban J connectivity index is 1.26. The van der Waals surface area contributed by atoms with Crippen LogP contribution in [0.3, 0.4) is 0 Å². The Bertz CT molecular complexity index is 963. The van der Waals surface area contributed by atoms with E-state index in [1.165, 1.54) is 0 Å². The number of carbonyl (C=O) groups is 1. The summed E-state index contributed by atoms with van der Waals surface area (Å²) in [5.41, 5.74) is -1.23. The number of likely N-dealkylation sites (tertiary alicyclic amines) is 1. The van der Waals surface area contributed by atoms with E-state index in [-0.39, 0.29) is 47.9 Å². The molecule has 1 saturated carbocycles. The van der Waals surface area contributed by atoms with Crippen LogP contribution < -0.4 is 10.2 Å². The zero-order chi connectivity index (χ0) is 25.7. The first kappa shape index (κ1) is 25.7. The molecule has 0 radical (unpaired) electrons. The molecule has 4 heterocycles. The second-order valence-electron chi connectivity index (χ2n) is 11.1. The van der Waals surface area contributed by atoms with Crippen molar-refractivity contribution in [3.63, 3.8) is 0 Å². The Morgan fingerprint density at radius 3 is 2.75 bits per heavy atom. The van der Waals surface area contributed by atoms with Crippen LogP contribution in [0.4, 0.5) is 19.0 Å². The summed E-state index contributed by atoms with van der Waals surface area (Å²) < 4.78 is 50.7. The van der Waals surface area contributed by atoms with Gasteiger partial charge in [0, 0.05) is 38.9 Å². The Morgan fingerprint density at radius 2 is 2.08 bits per heavy atom. The average Bonchev–Trinajstić information content (AvgIpc) is 3.58. The van der Waals surface area contributed by atoms with Gasteiger partial charge in [0.2, 0.25) is 5.91 Å². The van der Waals surface area contributed by atoms with Gasteiger partial charge in [0.25, 0.3) is 0 Å². The molecule has 8 nitrogen and oxygen atoms in total. The topological polar surface area (TPSA) is 79.8 Å². The van der Waals surface area contributed by atoms with Gasteiger partial charge >= 0.3 is 6.18 Å². The van der Waals surface area contributed by atoms with E-state index in [1.54, 1.807) is 7.11 Å². The minimum absolute atomic E-state index is 0.0164. The van der Waals surface area contributed by atoms with Crippen molar-refractivity contribution in [2.75, 3.05) is 38.3 Å². The number of carbonyl (C=O) groups excluding carboxylic acids is 1. The molecule has 3 aliphatic heterocycles. The van der Waals surface area contributed by atoms with Crippen LogP contribution in [0.5, 0.6) is 0 Å². The van der Waals surface area contributed by atoms with Crippen LogP contribution in [-0.4, -0.2) is 84.7 Å². The van der Waals surface area contributed by atoms with Crippen LogP contribution in [0, 0.1) is 11.3 Å². The lowest BCUT2D eigenvalue weighted by Gasteiger charge is -2.42. The Labute approximate surface area is 209 Å². The number of hydrogen-bond acceptors (Lipinski definition) is 7. The summed E-state index contributed by atoms with van der Waals surface area (Å²) in [4.78, 5) is 17.9. The standard InChI is InChI=1S/C25H36F3N5O3/c1-15(2)24(6-4-17(10-24)30-20-5-7-36-14-21(20)35-3)23(34)33-13-18-9-19(33)12-32(18)22-8-16(11-29-31-22)25(26,27)28/h8,11,15,17-21,30H,4-7,9-10,12-14H2,1-3H3/t17-,18+,19+,20+,21-,24+/m1/s1. The first-order valence-electron chi connectivity index (χ1n) is 13.0. The minimum atomic E-state index is -4.46. The molecule has 11 heteroatoms. The molecule has 5 rings (SSSR count). The van der Waals surface area contributed by atoms with Crippen LogP contribution in [0.25, 0.3) is 0 Å². The minimum Gasteiger partial charge on any atom is -0.379 e. The zero-order valence-electron chi connectivity index (χ0n) is 21.1. The van der Waals surface area contributed by atoms with Gasteiger partial charge in [-0.2, -0.15) is 18.3 Å². The predicted molar refractivity (Wildman–Crippen MR) is 126 cm³/mol. The maximum absolute atomic E-state index is 14.0. The fraction of sp³-hybridized carbons (Fsp3) is 0.800. The van der Waals surface area contributed by atoms with Crippen LogP contribution in [0.15, 0.2) is 12.3 Å². The molecule has 1 N–H and O–H groups in total. The fourth-order valence-electron chi connectivity index (χ4n) is 6.75. The highest BCUT2D eigenvalue weighted by molar-refractivity contribution is 5.84. The molecule has 1 amide bonds. The van der Waals surface area contributed by atoms with Crippen molar-refractivity contribution in [1.82, 2.24) is 20.4 Å². The number of nitrogens with zero attached hydrogens (tertiary/aromatic N) is 4. The van der Waals surface area contributed by atoms with E-state index in [0.717, 1.165) is 44.4 Å². The highest BCUT2D eigenvalue weighted by Crippen LogP contribution is 2.48. The first-order chi connectivity index (χ1) is 17.1. The number of alkyl halides is 3. The lowest BCUT2D eigenvalue weighted by molar-refractivity contribution is -0.146. The van der Waals surface area contributed by atoms with Crippen LogP contribution in [-0.2, 0) is 20.4 Å². The summed E-state index contributed by atoms with van der Waals surface area (Å²) in [5.74, 6) is 0.617. The summed E-state index contributed by atoms with van der Waals surface area (Å²) in [6, 6.07) is 1.47. The second kappa shape index (κ2) is 9.72. The third-order valence-electron chi connectivity index (χ3n) is 8.90. The van der Waals surface area contributed by atoms with Crippen LogP contribution in [0.1, 0.15) is 51.5 Å². The van der Waals surface area contributed by atoms with Crippen molar-refractivity contribution in [1.29, 1.82) is 0 Å². The summed E-state index contributed by atoms with van der Waals surface area (Å²) in [6.07, 6.45) is 0.496. The molecule has 0 aromatic carbocycles. The number of anilines is 1. The normalized spacial score (nSPS) is 34.7. The van der Waals surface area contributed by atoms with Gasteiger partial charge in [-0.15, -0.1) is 5.10 Å². The van der Waals surface area contributed by atoms with E-state index in [2.05, 4.69) is 29.4 Å². The van der Waals surface area contributed by atoms with Gasteiger partial charge in [-0.05, 0) is 44.1 Å². The van der Waals surface area contributed by atoms with Crippen molar-refractivity contribution in [3.8, 4) is 0 Å². The Morgan fingerprint density at radius 1 is 1.28 bits per heavy atom. The maximum Gasteiger partial charge on any atom is 0.418 e. The van der Waals surface area contributed by atoms with Gasteiger partial charge < -0.3 is 24.6 Å². The van der Waals surface area contributed by atoms with Gasteiger partial charge in [-0.25, -0.2) is 0 Å². The van der Waals surface area contributed by atoms with E-state index in [9.17, 15) is 18.0 Å². The predicted octanol–water partition coefficient (Wildman–Crippen LogP) is 2.87. The molecule has 1 aliphatic carbocycles. The lowest BCUT2D eigenvalue weighted by atomic mass is 9.74. The Hall–Kier alpha value is -1.98. The van der Waals surface area contributed by atoms with Crippen molar-refractivity contribution >= 4 is 11.7 Å². The zero-order valence-corrected chi connectivity index (χ0v) is 21.1. The van der Waals surface area contributed by atoms with Gasteiger partial charge in [0.1, 0.15) is 0 Å². The summed E-state index contributed by atoms with van der Waals surface area (Å²) in [5, 5.41) is 11.3. The van der Waals surface area contributed by atoms with Crippen molar-refractivity contribution in [2.45, 2.75) is 82.4 Å². The fourth-order valence-corrected chi connectivity index (χ4v) is 6.75. The quantitative estimate of drug-likeness (QED) is 0.629. The molecule has 4 aliphatic rings. The molecular formula is C25H36F3N5O3. The van der Waals surface area contributed by atoms with E-state index in [0.29, 0.717) is 26.3 Å². The van der Waals surface area contributed by atoms with E-state index < -0.39 is 17.2 Å². The molecule has 200 valence electrons. The number of rotatable bonds is 6. The number of methoxy groups -OCH3 is 1. The van der Waals surface area contributed by atoms with Gasteiger partial charge in [0.15, 0.2) is 5.82 Å². The molecule has 36 heavy (non-hydrogen) atoms. The van der Waals surface area contributed by atoms with E-state index in [4.69, 9.17) is 9.47 Å². The lowest BCUT2D eigenvalue weighted by Crippen LogP contribution is -2.55. The molecule has 4 fully saturated rings. The number of hydrogen-bond donors (Lipinski definition) is 1. The van der Waals surface area contributed by atoms with Gasteiger partial charge in [-0.3, -0.25) is 4.79 Å². The molecule has 2 bridgehead atoms. The first-order valence-corrected chi connectivity index (χ1v) is 13.0. The number of piperazine rings is 1. The van der Waals surface area contributed by atoms with Crippen molar-refractivity contribution in [2.24, 2.45) is 11.3 Å². The van der Waals surface area contributed by atoms with Crippen LogP contribution in [0.2, 0.25) is 0 Å². The number of aromatic nitrogens is 2. The SMILES string of the molecule is CO[C@@H]1COCC[C@@H]1N[C@@H]1CC[C@@](C(=O)N2C[C@@H]3C[C@H]2CN3c2cc(C(F)(F)F)cnn2)(C(C)C)C1. The third kappa shape index (κ3) is 4.58. The summed E-state index contributed by atoms with van der Waals surface area (Å²) in [6.45, 7) is 6.55. The molecule has 0 unspecified atom stereocenters. The molecule has 1 aromatic heterocycles. The molecule has 6 atom stereocenters. The highest BCUT2D eigenvalue weighted by Gasteiger charge is 2.55. The van der Waals surface area contributed by atoms with Crippen LogP contribution >= 0.6 is 0 Å².